The van der Waals surface area contributed by atoms with Crippen molar-refractivity contribution in [3.05, 3.63) is 65.7 Å². The van der Waals surface area contributed by atoms with Crippen molar-refractivity contribution in [3.63, 3.8) is 0 Å². The molecule has 0 fully saturated rings. The van der Waals surface area contributed by atoms with Crippen LogP contribution in [0, 0.1) is 0 Å². The summed E-state index contributed by atoms with van der Waals surface area (Å²) in [6, 6.07) is 16.6. The smallest absolute Gasteiger partial charge is 0.240 e. The molecule has 27 heavy (non-hydrogen) atoms. The highest BCUT2D eigenvalue weighted by molar-refractivity contribution is 7.90. The number of hydrogen-bond donors (Lipinski definition) is 2. The zero-order valence-electron chi connectivity index (χ0n) is 15.6. The number of amides is 1. The molecule has 1 amide bonds. The minimum Gasteiger partial charge on any atom is -0.497 e. The van der Waals surface area contributed by atoms with Gasteiger partial charge in [0.15, 0.2) is 5.25 Å². The van der Waals surface area contributed by atoms with E-state index in [1.54, 1.807) is 7.11 Å². The second kappa shape index (κ2) is 9.53. The van der Waals surface area contributed by atoms with Crippen LogP contribution in [0.25, 0.3) is 0 Å². The van der Waals surface area contributed by atoms with Crippen molar-refractivity contribution in [1.82, 2.24) is 5.32 Å². The van der Waals surface area contributed by atoms with Crippen molar-refractivity contribution in [3.8, 4) is 5.75 Å². The van der Waals surface area contributed by atoms with E-state index in [1.807, 2.05) is 61.5 Å². The van der Waals surface area contributed by atoms with Gasteiger partial charge in [0.1, 0.15) is 5.75 Å². The van der Waals surface area contributed by atoms with Gasteiger partial charge < -0.3 is 10.1 Å². The monoisotopic (exact) mass is 390 g/mol. The van der Waals surface area contributed by atoms with Gasteiger partial charge in [-0.2, -0.15) is 0 Å². The lowest BCUT2D eigenvalue weighted by molar-refractivity contribution is -0.121. The second-order valence-corrected chi connectivity index (χ2v) is 8.14. The highest BCUT2D eigenvalue weighted by Crippen LogP contribution is 2.22. The van der Waals surface area contributed by atoms with Gasteiger partial charge in [-0.3, -0.25) is 4.79 Å². The first-order chi connectivity index (χ1) is 12.8. The molecule has 2 aromatic carbocycles. The molecule has 0 aliphatic carbocycles. The van der Waals surface area contributed by atoms with E-state index >= 15 is 0 Å². The van der Waals surface area contributed by atoms with Gasteiger partial charge in [-0.05, 0) is 36.1 Å². The van der Waals surface area contributed by atoms with Crippen LogP contribution >= 0.6 is 0 Å². The van der Waals surface area contributed by atoms with Crippen molar-refractivity contribution in [2.24, 2.45) is 5.14 Å². The molecule has 0 radical (unpaired) electrons. The Morgan fingerprint density at radius 2 is 1.85 bits per heavy atom. The number of ether oxygens (including phenoxy) is 1. The molecule has 0 aliphatic rings. The highest BCUT2D eigenvalue weighted by atomic mass is 32.2. The van der Waals surface area contributed by atoms with Crippen molar-refractivity contribution in [2.75, 3.05) is 7.11 Å². The molecule has 2 aromatic rings. The fourth-order valence-electron chi connectivity index (χ4n) is 2.94. The van der Waals surface area contributed by atoms with Crippen LogP contribution in [0.3, 0.4) is 0 Å². The predicted octanol–water partition coefficient (Wildman–Crippen LogP) is 2.55. The number of carbonyl (C=O) groups is 1. The molecule has 2 rings (SSSR count). The van der Waals surface area contributed by atoms with Crippen molar-refractivity contribution < 1.29 is 17.9 Å². The van der Waals surface area contributed by atoms with Crippen LogP contribution in [0.5, 0.6) is 5.75 Å². The molecule has 0 saturated carbocycles. The first kappa shape index (κ1) is 20.9. The number of sulfonamides is 1. The summed E-state index contributed by atoms with van der Waals surface area (Å²) in [4.78, 5) is 12.7. The van der Waals surface area contributed by atoms with Gasteiger partial charge in [-0.25, -0.2) is 13.6 Å². The van der Waals surface area contributed by atoms with Gasteiger partial charge in [-0.1, -0.05) is 55.8 Å². The normalized spacial score (nSPS) is 13.6. The van der Waals surface area contributed by atoms with E-state index in [9.17, 15) is 13.2 Å². The summed E-state index contributed by atoms with van der Waals surface area (Å²) in [5.41, 5.74) is 1.85. The number of hydrogen-bond acceptors (Lipinski definition) is 4. The minimum atomic E-state index is -3.97. The van der Waals surface area contributed by atoms with Gasteiger partial charge in [0.05, 0.1) is 13.2 Å². The van der Waals surface area contributed by atoms with Crippen LogP contribution in [-0.2, 0) is 21.2 Å². The maximum atomic E-state index is 12.7. The number of primary sulfonamides is 1. The van der Waals surface area contributed by atoms with Crippen molar-refractivity contribution in [1.29, 1.82) is 0 Å². The van der Waals surface area contributed by atoms with Crippen LogP contribution in [0.1, 0.15) is 36.9 Å². The molecule has 146 valence electrons. The number of rotatable bonds is 9. The Kier molecular flexibility index (Phi) is 7.38. The number of benzene rings is 2. The summed E-state index contributed by atoms with van der Waals surface area (Å²) >= 11 is 0. The van der Waals surface area contributed by atoms with Crippen LogP contribution in [-0.4, -0.2) is 26.7 Å². The molecule has 0 spiro atoms. The Morgan fingerprint density at radius 1 is 1.15 bits per heavy atom. The molecule has 0 aromatic heterocycles. The summed E-state index contributed by atoms with van der Waals surface area (Å²) in [5, 5.41) is 6.89. The molecule has 3 N–H and O–H groups in total. The number of nitrogens with two attached hydrogens (primary N) is 1. The zero-order valence-corrected chi connectivity index (χ0v) is 16.4. The Morgan fingerprint density at radius 3 is 2.44 bits per heavy atom. The molecule has 0 saturated heterocycles. The lowest BCUT2D eigenvalue weighted by Gasteiger charge is -2.22. The third kappa shape index (κ3) is 6.08. The minimum absolute atomic E-state index is 0.186. The summed E-state index contributed by atoms with van der Waals surface area (Å²) in [7, 11) is -2.38. The average Bonchev–Trinajstić information content (AvgIpc) is 2.65. The number of methoxy groups -OCH3 is 1. The molecular weight excluding hydrogens is 364 g/mol. The second-order valence-electron chi connectivity index (χ2n) is 6.39. The van der Waals surface area contributed by atoms with Crippen molar-refractivity contribution >= 4 is 15.9 Å². The Balaban J connectivity index is 2.28. The van der Waals surface area contributed by atoms with E-state index in [2.05, 4.69) is 5.32 Å². The largest absolute Gasteiger partial charge is 0.497 e. The first-order valence-corrected chi connectivity index (χ1v) is 10.5. The summed E-state index contributed by atoms with van der Waals surface area (Å²) in [6.07, 6.45) is 1.22. The van der Waals surface area contributed by atoms with E-state index < -0.39 is 21.2 Å². The standard InChI is InChI=1S/C20H26N2O4S/c1-3-8-19(27(21,24)25)20(23)22-18(16-10-5-4-6-11-16)14-15-9-7-12-17(13-15)26-2/h4-7,9-13,18-19H,3,8,14H2,1-2H3,(H,22,23)(H2,21,24,25). The van der Waals surface area contributed by atoms with E-state index in [-0.39, 0.29) is 12.5 Å². The topological polar surface area (TPSA) is 98.5 Å². The predicted molar refractivity (Wildman–Crippen MR) is 106 cm³/mol. The van der Waals surface area contributed by atoms with Crippen LogP contribution in [0.2, 0.25) is 0 Å². The lowest BCUT2D eigenvalue weighted by Crippen LogP contribution is -2.44. The third-order valence-electron chi connectivity index (χ3n) is 4.33. The fourth-order valence-corrected chi connectivity index (χ4v) is 3.87. The Bertz CT molecular complexity index is 853. The zero-order chi connectivity index (χ0) is 19.9. The molecule has 7 heteroatoms. The lowest BCUT2D eigenvalue weighted by atomic mass is 9.98. The van der Waals surface area contributed by atoms with Crippen LogP contribution in [0.15, 0.2) is 54.6 Å². The van der Waals surface area contributed by atoms with E-state index in [4.69, 9.17) is 9.88 Å². The Hall–Kier alpha value is -2.38. The fraction of sp³-hybridized carbons (Fsp3) is 0.350. The Labute approximate surface area is 160 Å². The highest BCUT2D eigenvalue weighted by Gasteiger charge is 2.30. The van der Waals surface area contributed by atoms with Gasteiger partial charge in [0.25, 0.3) is 0 Å². The van der Waals surface area contributed by atoms with E-state index in [1.165, 1.54) is 0 Å². The molecular formula is C20H26N2O4S. The van der Waals surface area contributed by atoms with Crippen molar-refractivity contribution in [2.45, 2.75) is 37.5 Å². The third-order valence-corrected chi connectivity index (χ3v) is 5.58. The van der Waals surface area contributed by atoms with Gasteiger partial charge in [0.2, 0.25) is 15.9 Å². The molecule has 2 atom stereocenters. The summed E-state index contributed by atoms with van der Waals surface area (Å²) < 4.78 is 28.9. The quantitative estimate of drug-likeness (QED) is 0.687. The summed E-state index contributed by atoms with van der Waals surface area (Å²) in [6.45, 7) is 1.82. The van der Waals surface area contributed by atoms with Crippen LogP contribution in [0.4, 0.5) is 0 Å². The summed E-state index contributed by atoms with van der Waals surface area (Å²) in [5.74, 6) is 0.148. The molecule has 6 nitrogen and oxygen atoms in total. The number of nitrogens with one attached hydrogen (secondary N) is 1. The van der Waals surface area contributed by atoms with E-state index in [0.29, 0.717) is 12.8 Å². The van der Waals surface area contributed by atoms with Gasteiger partial charge in [0, 0.05) is 0 Å². The maximum absolute atomic E-state index is 12.7. The SMILES string of the molecule is CCCC(C(=O)NC(Cc1cccc(OC)c1)c1ccccc1)S(N)(=O)=O. The molecule has 0 heterocycles. The average molecular weight is 391 g/mol. The molecule has 0 bridgehead atoms. The van der Waals surface area contributed by atoms with Crippen LogP contribution < -0.4 is 15.2 Å². The number of carbonyl (C=O) groups excluding carboxylic acids is 1. The van der Waals surface area contributed by atoms with E-state index in [0.717, 1.165) is 16.9 Å². The first-order valence-electron chi connectivity index (χ1n) is 8.85. The molecule has 2 unspecified atom stereocenters. The maximum Gasteiger partial charge on any atom is 0.240 e. The van der Waals surface area contributed by atoms with Gasteiger partial charge in [-0.15, -0.1) is 0 Å². The van der Waals surface area contributed by atoms with Gasteiger partial charge >= 0.3 is 0 Å². The molecule has 0 aliphatic heterocycles.